The number of hydrogen-bond acceptors (Lipinski definition) is 4. The van der Waals surface area contributed by atoms with Crippen LogP contribution in [0.1, 0.15) is 12.0 Å². The van der Waals surface area contributed by atoms with E-state index in [1.54, 1.807) is 13.2 Å². The molecule has 0 aliphatic heterocycles. The van der Waals surface area contributed by atoms with E-state index in [2.05, 4.69) is 10.3 Å². The van der Waals surface area contributed by atoms with E-state index in [0.29, 0.717) is 24.5 Å². The van der Waals surface area contributed by atoms with Gasteiger partial charge < -0.3 is 15.8 Å². The SMILES string of the molecule is COCCC(=O)Nc1ncc(N)cc1C. The first-order valence-corrected chi connectivity index (χ1v) is 4.64. The van der Waals surface area contributed by atoms with Gasteiger partial charge in [-0.25, -0.2) is 4.98 Å². The number of pyridine rings is 1. The van der Waals surface area contributed by atoms with Crippen LogP contribution in [0, 0.1) is 6.92 Å². The Morgan fingerprint density at radius 2 is 2.40 bits per heavy atom. The molecule has 0 bridgehead atoms. The van der Waals surface area contributed by atoms with E-state index in [9.17, 15) is 4.79 Å². The van der Waals surface area contributed by atoms with Gasteiger partial charge in [0, 0.05) is 7.11 Å². The van der Waals surface area contributed by atoms with Crippen molar-refractivity contribution in [2.45, 2.75) is 13.3 Å². The lowest BCUT2D eigenvalue weighted by Gasteiger charge is -2.07. The van der Waals surface area contributed by atoms with Gasteiger partial charge >= 0.3 is 0 Å². The Hall–Kier alpha value is -1.62. The van der Waals surface area contributed by atoms with Crippen molar-refractivity contribution in [1.29, 1.82) is 0 Å². The molecule has 0 saturated carbocycles. The van der Waals surface area contributed by atoms with Crippen LogP contribution in [0.25, 0.3) is 0 Å². The van der Waals surface area contributed by atoms with Crippen molar-refractivity contribution in [3.8, 4) is 0 Å². The lowest BCUT2D eigenvalue weighted by molar-refractivity contribution is -0.117. The first-order chi connectivity index (χ1) is 7.13. The summed E-state index contributed by atoms with van der Waals surface area (Å²) >= 11 is 0. The standard InChI is InChI=1S/C10H15N3O2/c1-7-5-8(11)6-12-10(7)13-9(14)3-4-15-2/h5-6H,3-4,11H2,1-2H3,(H,12,13,14). The average Bonchev–Trinajstić information content (AvgIpc) is 2.19. The Morgan fingerprint density at radius 1 is 1.67 bits per heavy atom. The summed E-state index contributed by atoms with van der Waals surface area (Å²) in [4.78, 5) is 15.4. The number of carbonyl (C=O) groups excluding carboxylic acids is 1. The summed E-state index contributed by atoms with van der Waals surface area (Å²) in [5.41, 5.74) is 6.98. The van der Waals surface area contributed by atoms with Crippen molar-refractivity contribution in [3.05, 3.63) is 17.8 Å². The van der Waals surface area contributed by atoms with Crippen molar-refractivity contribution >= 4 is 17.4 Å². The number of nitrogens with two attached hydrogens (primary N) is 1. The van der Waals surface area contributed by atoms with Gasteiger partial charge in [-0.2, -0.15) is 0 Å². The van der Waals surface area contributed by atoms with Crippen LogP contribution in [0.2, 0.25) is 0 Å². The molecule has 0 aliphatic carbocycles. The summed E-state index contributed by atoms with van der Waals surface area (Å²) in [6.45, 7) is 2.25. The lowest BCUT2D eigenvalue weighted by Crippen LogP contribution is -2.15. The summed E-state index contributed by atoms with van der Waals surface area (Å²) in [7, 11) is 1.56. The summed E-state index contributed by atoms with van der Waals surface area (Å²) in [6.07, 6.45) is 1.83. The predicted molar refractivity (Wildman–Crippen MR) is 58.5 cm³/mol. The zero-order valence-corrected chi connectivity index (χ0v) is 8.91. The van der Waals surface area contributed by atoms with Crippen LogP contribution in [-0.4, -0.2) is 24.6 Å². The Balaban J connectivity index is 2.60. The number of ether oxygens (including phenoxy) is 1. The third kappa shape index (κ3) is 3.55. The second kappa shape index (κ2) is 5.31. The average molecular weight is 209 g/mol. The number of methoxy groups -OCH3 is 1. The van der Waals surface area contributed by atoms with Gasteiger partial charge in [-0.1, -0.05) is 0 Å². The highest BCUT2D eigenvalue weighted by Crippen LogP contribution is 2.13. The molecule has 82 valence electrons. The van der Waals surface area contributed by atoms with Crippen LogP contribution in [0.4, 0.5) is 11.5 Å². The van der Waals surface area contributed by atoms with E-state index in [0.717, 1.165) is 5.56 Å². The molecule has 0 saturated heterocycles. The number of aromatic nitrogens is 1. The van der Waals surface area contributed by atoms with Crippen LogP contribution in [0.5, 0.6) is 0 Å². The minimum Gasteiger partial charge on any atom is -0.397 e. The fourth-order valence-electron chi connectivity index (χ4n) is 1.12. The van der Waals surface area contributed by atoms with E-state index in [1.165, 1.54) is 6.20 Å². The molecule has 0 radical (unpaired) electrons. The first-order valence-electron chi connectivity index (χ1n) is 4.64. The number of nitrogens with zero attached hydrogens (tertiary/aromatic N) is 1. The van der Waals surface area contributed by atoms with E-state index in [1.807, 2.05) is 6.92 Å². The molecule has 3 N–H and O–H groups in total. The molecule has 0 aromatic carbocycles. The maximum absolute atomic E-state index is 11.3. The molecule has 1 amide bonds. The number of nitrogens with one attached hydrogen (secondary N) is 1. The summed E-state index contributed by atoms with van der Waals surface area (Å²) in [5.74, 6) is 0.433. The van der Waals surface area contributed by atoms with Crippen molar-refractivity contribution in [2.24, 2.45) is 0 Å². The Labute approximate surface area is 88.6 Å². The smallest absolute Gasteiger partial charge is 0.227 e. The van der Waals surface area contributed by atoms with E-state index in [4.69, 9.17) is 10.5 Å². The number of hydrogen-bond donors (Lipinski definition) is 2. The molecule has 0 atom stereocenters. The number of nitrogen functional groups attached to an aromatic ring is 1. The molecule has 15 heavy (non-hydrogen) atoms. The molecule has 0 fully saturated rings. The van der Waals surface area contributed by atoms with Gasteiger partial charge in [0.1, 0.15) is 5.82 Å². The van der Waals surface area contributed by atoms with E-state index < -0.39 is 0 Å². The first kappa shape index (κ1) is 11.5. The van der Waals surface area contributed by atoms with Crippen molar-refractivity contribution in [2.75, 3.05) is 24.8 Å². The molecule has 0 spiro atoms. The maximum Gasteiger partial charge on any atom is 0.227 e. The molecule has 5 nitrogen and oxygen atoms in total. The lowest BCUT2D eigenvalue weighted by atomic mass is 10.2. The highest BCUT2D eigenvalue weighted by molar-refractivity contribution is 5.90. The van der Waals surface area contributed by atoms with Crippen LogP contribution >= 0.6 is 0 Å². The van der Waals surface area contributed by atoms with Crippen molar-refractivity contribution in [3.63, 3.8) is 0 Å². The Bertz CT molecular complexity index is 353. The number of carbonyl (C=O) groups is 1. The zero-order chi connectivity index (χ0) is 11.3. The van der Waals surface area contributed by atoms with Gasteiger partial charge in [0.15, 0.2) is 0 Å². The molecular formula is C10H15N3O2. The molecule has 5 heteroatoms. The summed E-state index contributed by atoms with van der Waals surface area (Å²) in [6, 6.07) is 1.76. The van der Waals surface area contributed by atoms with Crippen molar-refractivity contribution < 1.29 is 9.53 Å². The van der Waals surface area contributed by atoms with Crippen LogP contribution in [0.3, 0.4) is 0 Å². The summed E-state index contributed by atoms with van der Waals surface area (Å²) in [5, 5.41) is 2.69. The van der Waals surface area contributed by atoms with Crippen LogP contribution in [0.15, 0.2) is 12.3 Å². The highest BCUT2D eigenvalue weighted by Gasteiger charge is 2.05. The fraction of sp³-hybridized carbons (Fsp3) is 0.400. The fourth-order valence-corrected chi connectivity index (χ4v) is 1.12. The van der Waals surface area contributed by atoms with Gasteiger partial charge in [-0.15, -0.1) is 0 Å². The molecular weight excluding hydrogens is 194 g/mol. The normalized spacial score (nSPS) is 10.0. The highest BCUT2D eigenvalue weighted by atomic mass is 16.5. The Morgan fingerprint density at radius 3 is 3.00 bits per heavy atom. The second-order valence-electron chi connectivity index (χ2n) is 3.23. The molecule has 1 rings (SSSR count). The van der Waals surface area contributed by atoms with E-state index in [-0.39, 0.29) is 5.91 Å². The molecule has 1 heterocycles. The third-order valence-electron chi connectivity index (χ3n) is 1.89. The van der Waals surface area contributed by atoms with Gasteiger partial charge in [0.05, 0.1) is 24.9 Å². The quantitative estimate of drug-likeness (QED) is 0.773. The number of rotatable bonds is 4. The molecule has 0 unspecified atom stereocenters. The largest absolute Gasteiger partial charge is 0.397 e. The number of aryl methyl sites for hydroxylation is 1. The third-order valence-corrected chi connectivity index (χ3v) is 1.89. The second-order valence-corrected chi connectivity index (χ2v) is 3.23. The molecule has 1 aromatic rings. The maximum atomic E-state index is 11.3. The minimum absolute atomic E-state index is 0.114. The molecule has 0 aliphatic rings. The van der Waals surface area contributed by atoms with Crippen LogP contribution in [-0.2, 0) is 9.53 Å². The van der Waals surface area contributed by atoms with Crippen LogP contribution < -0.4 is 11.1 Å². The van der Waals surface area contributed by atoms with Gasteiger partial charge in [-0.05, 0) is 18.6 Å². The summed E-state index contributed by atoms with van der Waals surface area (Å²) < 4.78 is 4.80. The monoisotopic (exact) mass is 209 g/mol. The minimum atomic E-state index is -0.114. The number of anilines is 2. The van der Waals surface area contributed by atoms with Gasteiger partial charge in [-0.3, -0.25) is 4.79 Å². The van der Waals surface area contributed by atoms with Gasteiger partial charge in [0.25, 0.3) is 0 Å². The topological polar surface area (TPSA) is 77.2 Å². The van der Waals surface area contributed by atoms with Crippen molar-refractivity contribution in [1.82, 2.24) is 4.98 Å². The number of amides is 1. The predicted octanol–water partition coefficient (Wildman–Crippen LogP) is 0.947. The molecule has 1 aromatic heterocycles. The van der Waals surface area contributed by atoms with Gasteiger partial charge in [0.2, 0.25) is 5.91 Å². The Kier molecular flexibility index (Phi) is 4.05. The zero-order valence-electron chi connectivity index (χ0n) is 8.91. The van der Waals surface area contributed by atoms with E-state index >= 15 is 0 Å².